The van der Waals surface area contributed by atoms with E-state index < -0.39 is 200 Å². The van der Waals surface area contributed by atoms with Gasteiger partial charge in [0.25, 0.3) is 0 Å². The van der Waals surface area contributed by atoms with Crippen LogP contribution in [0, 0.1) is 11.8 Å². The van der Waals surface area contributed by atoms with E-state index in [1.807, 2.05) is 0 Å². The predicted molar refractivity (Wildman–Crippen MR) is 404 cm³/mol. The second-order valence-corrected chi connectivity index (χ2v) is 43.1. The van der Waals surface area contributed by atoms with Crippen molar-refractivity contribution in [1.82, 2.24) is 78.1 Å². The molecule has 0 spiro atoms. The molecule has 0 radical (unpaired) electrons. The third kappa shape index (κ3) is 28.7. The van der Waals surface area contributed by atoms with Gasteiger partial charge in [-0.1, -0.05) is 13.8 Å². The topological polar surface area (TPSA) is 1070 Å². The van der Waals surface area contributed by atoms with Crippen molar-refractivity contribution < 1.29 is 224 Å². The molecule has 4 aliphatic heterocycles. The summed E-state index contributed by atoms with van der Waals surface area (Å²) in [6, 6.07) is 0. The molecule has 30 N–H and O–H groups in total. The van der Waals surface area contributed by atoms with E-state index in [1.54, 1.807) is 11.5 Å². The number of aromatic nitrogens is 16. The zero-order valence-electron chi connectivity index (χ0n) is 63.1. The highest BCUT2D eigenvalue weighted by molar-refractivity contribution is 7.68. The minimum absolute atomic E-state index is 0.00371. The first-order valence-corrected chi connectivity index (χ1v) is 51.4. The third-order valence-corrected chi connectivity index (χ3v) is 31.6. The van der Waals surface area contributed by atoms with E-state index in [2.05, 4.69) is 112 Å². The van der Waals surface area contributed by atoms with Gasteiger partial charge in [0.2, 0.25) is 11.9 Å². The van der Waals surface area contributed by atoms with Crippen LogP contribution in [0.15, 0.2) is 38.0 Å². The first-order chi connectivity index (χ1) is 57.8. The zero-order valence-corrected chi connectivity index (χ0v) is 73.8. The number of fused-ring (bicyclic) bond motifs is 4. The number of phosphoric ester groups is 4. The van der Waals surface area contributed by atoms with Crippen molar-refractivity contribution in [3.05, 3.63) is 38.0 Å². The highest BCUT2D eigenvalue weighted by Crippen LogP contribution is 2.70. The molecule has 0 aromatic carbocycles. The number of anilines is 6. The van der Waals surface area contributed by atoms with Crippen molar-refractivity contribution >= 4 is 174 Å². The summed E-state index contributed by atoms with van der Waals surface area (Å²) in [5.74, 6) is -0.839. The smallest absolute Gasteiger partial charge is 0.388 e. The van der Waals surface area contributed by atoms with Crippen molar-refractivity contribution in [1.29, 1.82) is 0 Å². The molecule has 0 aliphatic carbocycles. The Hall–Kier alpha value is -5.68. The van der Waals surface area contributed by atoms with Gasteiger partial charge in [-0.25, -0.2) is 94.7 Å². The number of aliphatic hydroxyl groups excluding tert-OH is 2. The van der Waals surface area contributed by atoms with Crippen molar-refractivity contribution in [3.63, 3.8) is 0 Å². The van der Waals surface area contributed by atoms with Crippen LogP contribution in [0.5, 0.6) is 0 Å². The number of aliphatic hydroxyl groups is 2. The van der Waals surface area contributed by atoms with Crippen LogP contribution in [-0.4, -0.2) is 256 Å². The summed E-state index contributed by atoms with van der Waals surface area (Å²) < 4.78 is 222. The molecule has 126 heavy (non-hydrogen) atoms. The van der Waals surface area contributed by atoms with Gasteiger partial charge in [-0.2, -0.15) is 54.4 Å². The minimum atomic E-state index is -5.68. The van der Waals surface area contributed by atoms with Crippen molar-refractivity contribution in [3.8, 4) is 0 Å². The molecule has 8 aromatic rings. The number of phosphoric acid groups is 12. The number of ether oxygens (including phenoxy) is 6. The van der Waals surface area contributed by atoms with E-state index in [4.69, 9.17) is 102 Å². The molecule has 4 fully saturated rings. The average molecular weight is 2050 g/mol. The van der Waals surface area contributed by atoms with Gasteiger partial charge in [0.1, 0.15) is 71.5 Å². The predicted octanol–water partition coefficient (Wildman–Crippen LogP) is -1.43. The van der Waals surface area contributed by atoms with Crippen LogP contribution in [0.4, 0.5) is 35.2 Å². The van der Waals surface area contributed by atoms with Gasteiger partial charge in [-0.05, 0) is 12.3 Å². The van der Waals surface area contributed by atoms with Crippen molar-refractivity contribution in [2.45, 2.75) is 100 Å². The molecule has 82 heteroatoms. The molecule has 22 unspecified atom stereocenters. The van der Waals surface area contributed by atoms with E-state index in [0.29, 0.717) is 28.7 Å². The summed E-state index contributed by atoms with van der Waals surface area (Å²) >= 11 is 0. The van der Waals surface area contributed by atoms with Crippen molar-refractivity contribution in [2.75, 3.05) is 75.0 Å². The van der Waals surface area contributed by atoms with E-state index in [-0.39, 0.29) is 69.8 Å². The highest BCUT2D eigenvalue weighted by Gasteiger charge is 2.51. The molecule has 708 valence electrons. The Balaban J connectivity index is 0.000000190. The molecule has 12 rings (SSSR count). The lowest BCUT2D eigenvalue weighted by Gasteiger charge is -2.19. The van der Waals surface area contributed by atoms with Crippen LogP contribution >= 0.6 is 93.9 Å². The average Bonchev–Trinajstić information content (AvgIpc) is 1.64. The SMILES string of the molecule is CC1C(COP(=O)(O)OP(=O)(O)OP(=O)(O)O)OC(n2cnc3c(N)nc(N)nc32)C1O.CC1CC(n2cnc3c(N)nc(N)nc32)OC1COP(=O)(O)OP(=O)(O)OP(=O)(O)O.COC1C(O)C(COP(=O)(O)OP(=O)(O)OP(=O)(O)O)OC1n1cnc2c(N)ncnc21.COC1CC(COP(=O)(O)OP(=O)(O)OP(=O)(O)O)OC1n1cnc2c(N)ncnc21. The Kier molecular flexibility index (Phi) is 33.0. The number of imidazole rings is 4. The Morgan fingerprint density at radius 2 is 0.714 bits per heavy atom. The molecular weight excluding hydrogens is 1980 g/mol. The molecule has 4 aliphatic rings. The molecule has 0 bridgehead atoms. The minimum Gasteiger partial charge on any atom is -0.388 e. The lowest BCUT2D eigenvalue weighted by Crippen LogP contribution is -2.35. The largest absolute Gasteiger partial charge is 0.490 e. The normalized spacial score (nSPS) is 27.0. The second-order valence-electron chi connectivity index (χ2n) is 25.5. The van der Waals surface area contributed by atoms with Gasteiger partial charge in [0.05, 0.1) is 70.0 Å². The summed E-state index contributed by atoms with van der Waals surface area (Å²) in [5.41, 5.74) is 36.3. The lowest BCUT2D eigenvalue weighted by molar-refractivity contribution is -0.0577. The first kappa shape index (κ1) is 104. The van der Waals surface area contributed by atoms with E-state index >= 15 is 0 Å². The third-order valence-electron chi connectivity index (χ3n) is 16.4. The molecule has 0 amide bonds. The number of nitrogen functional groups attached to an aromatic ring is 6. The summed E-state index contributed by atoms with van der Waals surface area (Å²) in [6.45, 7) is 0.501. The van der Waals surface area contributed by atoms with E-state index in [0.717, 1.165) is 0 Å². The first-order valence-electron chi connectivity index (χ1n) is 33.3. The van der Waals surface area contributed by atoms with Crippen LogP contribution < -0.4 is 34.4 Å². The summed E-state index contributed by atoms with van der Waals surface area (Å²) in [5, 5.41) is 21.0. The van der Waals surface area contributed by atoms with Gasteiger partial charge in [0.15, 0.2) is 64.5 Å². The number of nitrogens with zero attached hydrogens (tertiary/aromatic N) is 16. The molecular formula is C44H74N22O48P12. The summed E-state index contributed by atoms with van der Waals surface area (Å²) in [6.07, 6.45) is -3.44. The molecule has 8 aromatic heterocycles. The Morgan fingerprint density at radius 3 is 1.11 bits per heavy atom. The van der Waals surface area contributed by atoms with Crippen LogP contribution in [-0.2, 0) is 136 Å². The fraction of sp³-hybridized carbons (Fsp3) is 0.545. The number of rotatable bonds is 34. The van der Waals surface area contributed by atoms with Crippen LogP contribution in [0.2, 0.25) is 0 Å². The number of methoxy groups -OCH3 is 2. The quantitative estimate of drug-likeness (QED) is 0.0206. The van der Waals surface area contributed by atoms with E-state index in [9.17, 15) is 104 Å². The molecule has 70 nitrogen and oxygen atoms in total. The van der Waals surface area contributed by atoms with Gasteiger partial charge in [0, 0.05) is 26.6 Å². The Bertz CT molecular complexity index is 5880. The zero-order chi connectivity index (χ0) is 94.2. The van der Waals surface area contributed by atoms with Crippen LogP contribution in [0.25, 0.3) is 44.7 Å². The molecule has 0 saturated carbocycles. The standard InChI is InChI=1S/C11H19N6O12P3.C11H19N6O11P3.C11H18N5O13P3.C11H18N5O12P3/c1-4-5(2-26-31(22,23)29-32(24,25)28-30(19,20)21)27-10(7(4)18)17-3-14-6-8(12)15-11(13)16-9(6)17;1-5-2-7(17-4-14-8-9(12)15-11(13)16-10(8)17)26-6(5)3-25-30(21,22)28-31(23,24)27-29(18,19)20;1-25-8-7(17)5(2-26-31(21,22)29-32(23,24)28-30(18,19)20)27-11(8)16-4-15-6-9(12)13-3-14-10(6)16;1-24-7-2-6(3-25-30(20,21)28-31(22,23)27-29(17,18)19)26-11(7)16-5-15-8-9(12)13-4-14-10(8)16/h3-5,7,10,18H,2H2,1H3,(H,22,23)(H,24,25)(H2,19,20,21)(H4,12,13,15,16);4-7H,2-3H2,1H3,(H,21,22)(H,23,24)(H2,18,19,20)(H4,12,13,15,16);3-5,7-8,11,17H,2H2,1H3,(H,21,22)(H,23,24)(H2,12,13,14)(H2,18,19,20);4-7,11H,2-3H2,1H3,(H,20,21)(H,22,23)(H2,12,13,14)(H2,17,18,19). The highest BCUT2D eigenvalue weighted by atomic mass is 31.3. The maximum atomic E-state index is 11.9. The maximum absolute atomic E-state index is 11.9. The Labute approximate surface area is 698 Å². The van der Waals surface area contributed by atoms with Gasteiger partial charge in [-0.15, -0.1) is 0 Å². The lowest BCUT2D eigenvalue weighted by atomic mass is 10.0. The number of hydrogen-bond donors (Lipinski definition) is 24. The van der Waals surface area contributed by atoms with Gasteiger partial charge in [-0.3, -0.25) is 36.4 Å². The van der Waals surface area contributed by atoms with Gasteiger partial charge < -0.3 is 151 Å². The molecule has 12 heterocycles. The monoisotopic (exact) mass is 2050 g/mol. The fourth-order valence-corrected chi connectivity index (χ4v) is 23.6. The van der Waals surface area contributed by atoms with Crippen LogP contribution in [0.1, 0.15) is 51.6 Å². The number of hydrogen-bond acceptors (Lipinski definition) is 50. The maximum Gasteiger partial charge on any atom is 0.490 e. The van der Waals surface area contributed by atoms with E-state index in [1.165, 1.54) is 72.8 Å². The second kappa shape index (κ2) is 40.0. The van der Waals surface area contributed by atoms with Gasteiger partial charge >= 0.3 is 93.9 Å². The molecule has 4 saturated heterocycles. The fourth-order valence-electron chi connectivity index (χ4n) is 11.5. The van der Waals surface area contributed by atoms with Crippen LogP contribution in [0.3, 0.4) is 0 Å². The summed E-state index contributed by atoms with van der Waals surface area (Å²) in [4.78, 5) is 191. The summed E-state index contributed by atoms with van der Waals surface area (Å²) in [7, 11) is -63.1. The molecule has 22 atom stereocenters. The number of nitrogens with two attached hydrogens (primary N) is 6. The van der Waals surface area contributed by atoms with Crippen molar-refractivity contribution in [2.24, 2.45) is 11.8 Å². The Morgan fingerprint density at radius 1 is 0.365 bits per heavy atom.